The first-order valence-corrected chi connectivity index (χ1v) is 6.62. The van der Waals surface area contributed by atoms with Crippen LogP contribution in [0.15, 0.2) is 11.4 Å². The Hall–Kier alpha value is -0.0900. The van der Waals surface area contributed by atoms with Crippen molar-refractivity contribution >= 4 is 22.9 Å². The molecule has 2 atom stereocenters. The van der Waals surface area contributed by atoms with Crippen molar-refractivity contribution in [3.05, 3.63) is 21.3 Å². The first-order chi connectivity index (χ1) is 7.18. The molecule has 0 spiro atoms. The predicted octanol–water partition coefficient (Wildman–Crippen LogP) is 2.58. The fraction of sp³-hybridized carbons (Fsp3) is 0.636. The standard InChI is InChI=1S/C11H17ClN2S/c1-8-5-13-6-9(2)14(8)7-11-10(12)3-4-15-11/h3-4,8-9,13H,5-7H2,1-2H3/t8-,9+. The van der Waals surface area contributed by atoms with Gasteiger partial charge >= 0.3 is 0 Å². The number of rotatable bonds is 2. The molecule has 1 fully saturated rings. The van der Waals surface area contributed by atoms with Crippen LogP contribution in [0.3, 0.4) is 0 Å². The van der Waals surface area contributed by atoms with Gasteiger partial charge in [0.15, 0.2) is 0 Å². The lowest BCUT2D eigenvalue weighted by Crippen LogP contribution is -2.54. The highest BCUT2D eigenvalue weighted by Crippen LogP contribution is 2.25. The van der Waals surface area contributed by atoms with Crippen LogP contribution in [0.1, 0.15) is 18.7 Å². The lowest BCUT2D eigenvalue weighted by molar-refractivity contribution is 0.110. The minimum absolute atomic E-state index is 0.590. The zero-order chi connectivity index (χ0) is 10.8. The van der Waals surface area contributed by atoms with Gasteiger partial charge in [-0.15, -0.1) is 11.3 Å². The van der Waals surface area contributed by atoms with Crippen LogP contribution in [0.2, 0.25) is 5.02 Å². The second kappa shape index (κ2) is 4.83. The Bertz CT molecular complexity index is 316. The van der Waals surface area contributed by atoms with Crippen molar-refractivity contribution in [1.29, 1.82) is 0 Å². The number of piperazine rings is 1. The second-order valence-corrected chi connectivity index (χ2v) is 5.63. The number of hydrogen-bond acceptors (Lipinski definition) is 3. The lowest BCUT2D eigenvalue weighted by atomic mass is 10.1. The number of nitrogens with zero attached hydrogens (tertiary/aromatic N) is 1. The summed E-state index contributed by atoms with van der Waals surface area (Å²) in [5.74, 6) is 0. The third kappa shape index (κ3) is 2.53. The Morgan fingerprint density at radius 1 is 1.47 bits per heavy atom. The molecule has 0 aromatic carbocycles. The van der Waals surface area contributed by atoms with Gasteiger partial charge in [0.25, 0.3) is 0 Å². The molecule has 0 amide bonds. The molecule has 0 aliphatic carbocycles. The van der Waals surface area contributed by atoms with Gasteiger partial charge in [0, 0.05) is 36.6 Å². The summed E-state index contributed by atoms with van der Waals surface area (Å²) in [5, 5.41) is 6.42. The van der Waals surface area contributed by atoms with Crippen LogP contribution in [0.25, 0.3) is 0 Å². The van der Waals surface area contributed by atoms with Crippen molar-refractivity contribution in [2.24, 2.45) is 0 Å². The minimum Gasteiger partial charge on any atom is -0.314 e. The molecule has 0 saturated carbocycles. The van der Waals surface area contributed by atoms with Crippen LogP contribution in [0.5, 0.6) is 0 Å². The molecule has 1 aromatic heterocycles. The summed E-state index contributed by atoms with van der Waals surface area (Å²) >= 11 is 7.88. The van der Waals surface area contributed by atoms with Gasteiger partial charge in [0.1, 0.15) is 0 Å². The van der Waals surface area contributed by atoms with Crippen molar-refractivity contribution in [1.82, 2.24) is 10.2 Å². The molecule has 1 aliphatic rings. The van der Waals surface area contributed by atoms with Crippen molar-refractivity contribution in [3.8, 4) is 0 Å². The van der Waals surface area contributed by atoms with E-state index in [1.165, 1.54) is 4.88 Å². The van der Waals surface area contributed by atoms with Gasteiger partial charge in [-0.25, -0.2) is 0 Å². The molecule has 84 valence electrons. The molecule has 1 saturated heterocycles. The molecule has 4 heteroatoms. The van der Waals surface area contributed by atoms with Crippen LogP contribution in [0, 0.1) is 0 Å². The number of halogens is 1. The molecule has 1 N–H and O–H groups in total. The third-order valence-corrected chi connectivity index (χ3v) is 4.40. The van der Waals surface area contributed by atoms with E-state index in [9.17, 15) is 0 Å². The largest absolute Gasteiger partial charge is 0.314 e. The lowest BCUT2D eigenvalue weighted by Gasteiger charge is -2.39. The summed E-state index contributed by atoms with van der Waals surface area (Å²) in [6.07, 6.45) is 0. The zero-order valence-electron chi connectivity index (χ0n) is 9.16. The Labute approximate surface area is 100 Å². The quantitative estimate of drug-likeness (QED) is 0.861. The molecule has 1 aliphatic heterocycles. The molecular weight excluding hydrogens is 228 g/mol. The summed E-state index contributed by atoms with van der Waals surface area (Å²) in [5.41, 5.74) is 0. The summed E-state index contributed by atoms with van der Waals surface area (Å²) in [6.45, 7) is 7.68. The second-order valence-electron chi connectivity index (χ2n) is 4.22. The van der Waals surface area contributed by atoms with Gasteiger partial charge in [-0.1, -0.05) is 11.6 Å². The average Bonchev–Trinajstić information content (AvgIpc) is 2.58. The van der Waals surface area contributed by atoms with Crippen LogP contribution in [-0.4, -0.2) is 30.1 Å². The van der Waals surface area contributed by atoms with E-state index in [1.807, 2.05) is 6.07 Å². The van der Waals surface area contributed by atoms with Gasteiger partial charge in [-0.2, -0.15) is 0 Å². The Balaban J connectivity index is 2.06. The average molecular weight is 245 g/mol. The summed E-state index contributed by atoms with van der Waals surface area (Å²) < 4.78 is 0. The zero-order valence-corrected chi connectivity index (χ0v) is 10.7. The number of nitrogens with one attached hydrogen (secondary N) is 1. The van der Waals surface area contributed by atoms with E-state index in [1.54, 1.807) is 11.3 Å². The van der Waals surface area contributed by atoms with Crippen LogP contribution in [-0.2, 0) is 6.54 Å². The first kappa shape index (κ1) is 11.4. The van der Waals surface area contributed by atoms with Gasteiger partial charge in [0.2, 0.25) is 0 Å². The normalized spacial score (nSPS) is 28.2. The monoisotopic (exact) mass is 244 g/mol. The Morgan fingerprint density at radius 2 is 2.13 bits per heavy atom. The van der Waals surface area contributed by atoms with Gasteiger partial charge in [0.05, 0.1) is 5.02 Å². The molecule has 0 bridgehead atoms. The number of hydrogen-bond donors (Lipinski definition) is 1. The molecule has 2 heterocycles. The molecular formula is C11H17ClN2S. The first-order valence-electron chi connectivity index (χ1n) is 5.37. The van der Waals surface area contributed by atoms with Crippen LogP contribution < -0.4 is 5.32 Å². The SMILES string of the molecule is C[C@@H]1CNC[C@H](C)N1Cc1sccc1Cl. The molecule has 2 nitrogen and oxygen atoms in total. The fourth-order valence-electron chi connectivity index (χ4n) is 2.09. The molecule has 15 heavy (non-hydrogen) atoms. The smallest absolute Gasteiger partial charge is 0.0558 e. The van der Waals surface area contributed by atoms with E-state index in [0.717, 1.165) is 24.7 Å². The minimum atomic E-state index is 0.590. The van der Waals surface area contributed by atoms with E-state index in [4.69, 9.17) is 11.6 Å². The van der Waals surface area contributed by atoms with Crippen LogP contribution in [0.4, 0.5) is 0 Å². The van der Waals surface area contributed by atoms with E-state index in [-0.39, 0.29) is 0 Å². The third-order valence-electron chi connectivity index (χ3n) is 3.03. The molecule has 0 unspecified atom stereocenters. The molecule has 0 radical (unpaired) electrons. The Kier molecular flexibility index (Phi) is 3.67. The van der Waals surface area contributed by atoms with Gasteiger partial charge in [-0.05, 0) is 25.3 Å². The van der Waals surface area contributed by atoms with E-state index >= 15 is 0 Å². The van der Waals surface area contributed by atoms with Crippen molar-refractivity contribution < 1.29 is 0 Å². The maximum atomic E-state index is 6.12. The topological polar surface area (TPSA) is 15.3 Å². The van der Waals surface area contributed by atoms with E-state index in [2.05, 4.69) is 29.4 Å². The van der Waals surface area contributed by atoms with Gasteiger partial charge in [-0.3, -0.25) is 4.90 Å². The van der Waals surface area contributed by atoms with E-state index in [0.29, 0.717) is 12.1 Å². The summed E-state index contributed by atoms with van der Waals surface area (Å²) in [6, 6.07) is 3.16. The predicted molar refractivity (Wildman–Crippen MR) is 66.7 cm³/mol. The van der Waals surface area contributed by atoms with Gasteiger partial charge < -0.3 is 5.32 Å². The van der Waals surface area contributed by atoms with Crippen LogP contribution >= 0.6 is 22.9 Å². The highest BCUT2D eigenvalue weighted by atomic mass is 35.5. The highest BCUT2D eigenvalue weighted by Gasteiger charge is 2.25. The maximum absolute atomic E-state index is 6.12. The summed E-state index contributed by atoms with van der Waals surface area (Å²) in [4.78, 5) is 3.81. The number of thiophene rings is 1. The molecule has 1 aromatic rings. The molecule has 2 rings (SSSR count). The van der Waals surface area contributed by atoms with Crippen molar-refractivity contribution in [2.45, 2.75) is 32.5 Å². The Morgan fingerprint density at radius 3 is 2.67 bits per heavy atom. The highest BCUT2D eigenvalue weighted by molar-refractivity contribution is 7.10. The maximum Gasteiger partial charge on any atom is 0.0558 e. The fourth-order valence-corrected chi connectivity index (χ4v) is 3.19. The van der Waals surface area contributed by atoms with Crippen molar-refractivity contribution in [3.63, 3.8) is 0 Å². The summed E-state index contributed by atoms with van der Waals surface area (Å²) in [7, 11) is 0. The van der Waals surface area contributed by atoms with E-state index < -0.39 is 0 Å². The van der Waals surface area contributed by atoms with Crippen molar-refractivity contribution in [2.75, 3.05) is 13.1 Å².